The van der Waals surface area contributed by atoms with E-state index in [0.29, 0.717) is 17.6 Å². The van der Waals surface area contributed by atoms with Crippen molar-refractivity contribution < 1.29 is 0 Å². The Hall–Kier alpha value is -1.62. The van der Waals surface area contributed by atoms with Gasteiger partial charge in [-0.3, -0.25) is 0 Å². The predicted molar refractivity (Wildman–Crippen MR) is 71.5 cm³/mol. The molecule has 1 saturated heterocycles. The van der Waals surface area contributed by atoms with Gasteiger partial charge in [-0.25, -0.2) is 9.50 Å². The smallest absolute Gasteiger partial charge is 0.178 e. The molecule has 0 saturated carbocycles. The van der Waals surface area contributed by atoms with E-state index in [2.05, 4.69) is 28.8 Å². The van der Waals surface area contributed by atoms with Crippen molar-refractivity contribution in [3.63, 3.8) is 0 Å². The number of likely N-dealkylation sites (tertiary alicyclic amines) is 1. The number of aromatic nitrogens is 3. The maximum Gasteiger partial charge on any atom is 0.178 e. The molecular formula is C13H19N5. The lowest BCUT2D eigenvalue weighted by molar-refractivity contribution is 0.272. The predicted octanol–water partition coefficient (Wildman–Crippen LogP) is 1.51. The van der Waals surface area contributed by atoms with E-state index in [4.69, 9.17) is 5.73 Å². The van der Waals surface area contributed by atoms with Crippen LogP contribution in [0.3, 0.4) is 0 Å². The van der Waals surface area contributed by atoms with Crippen LogP contribution in [0.25, 0.3) is 5.65 Å². The molecule has 3 rings (SSSR count). The van der Waals surface area contributed by atoms with Gasteiger partial charge in [0, 0.05) is 24.7 Å². The summed E-state index contributed by atoms with van der Waals surface area (Å²) in [5, 5.41) is 4.55. The average molecular weight is 245 g/mol. The summed E-state index contributed by atoms with van der Waals surface area (Å²) in [4.78, 5) is 7.06. The number of rotatable bonds is 2. The summed E-state index contributed by atoms with van der Waals surface area (Å²) in [6.45, 7) is 6.65. The molecule has 2 aromatic heterocycles. The fourth-order valence-corrected chi connectivity index (χ4v) is 2.58. The van der Waals surface area contributed by atoms with Crippen LogP contribution >= 0.6 is 0 Å². The lowest BCUT2D eigenvalue weighted by Crippen LogP contribution is -2.28. The van der Waals surface area contributed by atoms with E-state index in [1.165, 1.54) is 0 Å². The normalized spacial score (nSPS) is 21.2. The number of pyridine rings is 1. The first-order chi connectivity index (χ1) is 8.65. The second-order valence-corrected chi connectivity index (χ2v) is 5.28. The van der Waals surface area contributed by atoms with Crippen molar-refractivity contribution in [1.82, 2.24) is 19.5 Å². The maximum atomic E-state index is 5.91. The number of nitrogens with two attached hydrogens (primary N) is 1. The fraction of sp³-hybridized carbons (Fsp3) is 0.538. The van der Waals surface area contributed by atoms with Crippen molar-refractivity contribution in [2.24, 2.45) is 0 Å². The van der Waals surface area contributed by atoms with E-state index < -0.39 is 0 Å². The second-order valence-electron chi connectivity index (χ2n) is 5.28. The van der Waals surface area contributed by atoms with Crippen LogP contribution in [0, 0.1) is 0 Å². The zero-order valence-corrected chi connectivity index (χ0v) is 10.9. The number of anilines is 1. The summed E-state index contributed by atoms with van der Waals surface area (Å²) >= 11 is 0. The van der Waals surface area contributed by atoms with Crippen LogP contribution < -0.4 is 5.73 Å². The minimum absolute atomic E-state index is 0.437. The highest BCUT2D eigenvalue weighted by atomic mass is 15.3. The summed E-state index contributed by atoms with van der Waals surface area (Å²) in [5.74, 6) is 1.36. The summed E-state index contributed by atoms with van der Waals surface area (Å²) in [5.41, 5.74) is 7.37. The van der Waals surface area contributed by atoms with Gasteiger partial charge < -0.3 is 10.6 Å². The maximum absolute atomic E-state index is 5.91. The topological polar surface area (TPSA) is 59.5 Å². The molecule has 0 aromatic carbocycles. The molecule has 1 atom stereocenters. The molecule has 1 aliphatic rings. The van der Waals surface area contributed by atoms with Gasteiger partial charge in [-0.05, 0) is 38.9 Å². The molecule has 96 valence electrons. The lowest BCUT2D eigenvalue weighted by atomic mass is 10.1. The number of fused-ring (bicyclic) bond motifs is 1. The molecule has 0 spiro atoms. The van der Waals surface area contributed by atoms with Gasteiger partial charge in [0.2, 0.25) is 0 Å². The van der Waals surface area contributed by atoms with Gasteiger partial charge in [0.15, 0.2) is 11.5 Å². The molecule has 0 radical (unpaired) electrons. The summed E-state index contributed by atoms with van der Waals surface area (Å²) in [7, 11) is 0. The Morgan fingerprint density at radius 2 is 2.28 bits per heavy atom. The van der Waals surface area contributed by atoms with Gasteiger partial charge in [0.05, 0.1) is 5.69 Å². The van der Waals surface area contributed by atoms with Crippen LogP contribution in [-0.2, 0) is 0 Å². The largest absolute Gasteiger partial charge is 0.396 e. The SMILES string of the molecule is CC(C)N1CCC(c2nc3c(N)cccn3n2)C1. The summed E-state index contributed by atoms with van der Waals surface area (Å²) < 4.78 is 1.78. The highest BCUT2D eigenvalue weighted by Crippen LogP contribution is 2.27. The highest BCUT2D eigenvalue weighted by molar-refractivity contribution is 5.63. The Kier molecular flexibility index (Phi) is 2.70. The van der Waals surface area contributed by atoms with Crippen molar-refractivity contribution in [3.05, 3.63) is 24.2 Å². The van der Waals surface area contributed by atoms with Crippen LogP contribution in [0.4, 0.5) is 5.69 Å². The van der Waals surface area contributed by atoms with Crippen molar-refractivity contribution in [2.45, 2.75) is 32.2 Å². The monoisotopic (exact) mass is 245 g/mol. The van der Waals surface area contributed by atoms with Crippen molar-refractivity contribution in [3.8, 4) is 0 Å². The van der Waals surface area contributed by atoms with Gasteiger partial charge in [0.25, 0.3) is 0 Å². The molecule has 2 N–H and O–H groups in total. The first-order valence-corrected chi connectivity index (χ1v) is 6.50. The summed E-state index contributed by atoms with van der Waals surface area (Å²) in [6, 6.07) is 4.36. The second kappa shape index (κ2) is 4.24. The Morgan fingerprint density at radius 3 is 2.94 bits per heavy atom. The van der Waals surface area contributed by atoms with Gasteiger partial charge in [0.1, 0.15) is 0 Å². The molecule has 5 heteroatoms. The number of nitrogen functional groups attached to an aromatic ring is 1. The zero-order chi connectivity index (χ0) is 12.7. The molecule has 1 unspecified atom stereocenters. The first kappa shape index (κ1) is 11.5. The third-order valence-electron chi connectivity index (χ3n) is 3.72. The van der Waals surface area contributed by atoms with Gasteiger partial charge >= 0.3 is 0 Å². The van der Waals surface area contributed by atoms with Gasteiger partial charge in [-0.15, -0.1) is 0 Å². The molecule has 0 amide bonds. The molecule has 18 heavy (non-hydrogen) atoms. The zero-order valence-electron chi connectivity index (χ0n) is 10.9. The van der Waals surface area contributed by atoms with E-state index >= 15 is 0 Å². The summed E-state index contributed by atoms with van der Waals surface area (Å²) in [6.07, 6.45) is 3.03. The van der Waals surface area contributed by atoms with Crippen LogP contribution in [0.1, 0.15) is 32.0 Å². The Labute approximate surface area is 107 Å². The van der Waals surface area contributed by atoms with E-state index in [-0.39, 0.29) is 0 Å². The van der Waals surface area contributed by atoms with Crippen LogP contribution in [0.2, 0.25) is 0 Å². The molecule has 1 fully saturated rings. The lowest BCUT2D eigenvalue weighted by Gasteiger charge is -2.19. The molecule has 1 aliphatic heterocycles. The minimum atomic E-state index is 0.437. The van der Waals surface area contributed by atoms with E-state index in [1.807, 2.05) is 18.3 Å². The van der Waals surface area contributed by atoms with Crippen molar-refractivity contribution in [2.75, 3.05) is 18.8 Å². The van der Waals surface area contributed by atoms with E-state index in [1.54, 1.807) is 4.52 Å². The third kappa shape index (κ3) is 1.84. The molecular weight excluding hydrogens is 226 g/mol. The number of hydrogen-bond acceptors (Lipinski definition) is 4. The third-order valence-corrected chi connectivity index (χ3v) is 3.72. The van der Waals surface area contributed by atoms with Crippen molar-refractivity contribution >= 4 is 11.3 Å². The van der Waals surface area contributed by atoms with Gasteiger partial charge in [-0.1, -0.05) is 0 Å². The Bertz CT molecular complexity index is 560. The van der Waals surface area contributed by atoms with Gasteiger partial charge in [-0.2, -0.15) is 5.10 Å². The Balaban J connectivity index is 1.89. The molecule has 0 bridgehead atoms. The average Bonchev–Trinajstić information content (AvgIpc) is 2.95. The fourth-order valence-electron chi connectivity index (χ4n) is 2.58. The first-order valence-electron chi connectivity index (χ1n) is 6.50. The minimum Gasteiger partial charge on any atom is -0.396 e. The number of hydrogen-bond donors (Lipinski definition) is 1. The molecule has 3 heterocycles. The molecule has 2 aromatic rings. The molecule has 5 nitrogen and oxygen atoms in total. The van der Waals surface area contributed by atoms with Crippen molar-refractivity contribution in [1.29, 1.82) is 0 Å². The van der Waals surface area contributed by atoms with E-state index in [9.17, 15) is 0 Å². The quantitative estimate of drug-likeness (QED) is 0.871. The van der Waals surface area contributed by atoms with E-state index in [0.717, 1.165) is 31.0 Å². The standard InChI is InChI=1S/C13H19N5/c1-9(2)17-7-5-10(8-17)12-15-13-11(14)4-3-6-18(13)16-12/h3-4,6,9-10H,5,7-8,14H2,1-2H3. The number of nitrogens with zero attached hydrogens (tertiary/aromatic N) is 4. The Morgan fingerprint density at radius 1 is 1.44 bits per heavy atom. The van der Waals surface area contributed by atoms with Crippen LogP contribution in [-0.4, -0.2) is 38.6 Å². The van der Waals surface area contributed by atoms with Crippen LogP contribution in [0.15, 0.2) is 18.3 Å². The van der Waals surface area contributed by atoms with Crippen LogP contribution in [0.5, 0.6) is 0 Å². The highest BCUT2D eigenvalue weighted by Gasteiger charge is 2.28. The molecule has 0 aliphatic carbocycles.